The third kappa shape index (κ3) is 0.947. The van der Waals surface area contributed by atoms with E-state index in [2.05, 4.69) is 10.0 Å². The first-order chi connectivity index (χ1) is 6.79. The molecule has 0 amide bonds. The van der Waals surface area contributed by atoms with Gasteiger partial charge < -0.3 is 0 Å². The van der Waals surface area contributed by atoms with Crippen LogP contribution in [0.1, 0.15) is 25.7 Å². The summed E-state index contributed by atoms with van der Waals surface area (Å²) in [5.74, 6) is 2.01. The van der Waals surface area contributed by atoms with Gasteiger partial charge in [0, 0.05) is 22.8 Å². The van der Waals surface area contributed by atoms with E-state index in [1.807, 2.05) is 0 Å². The van der Waals surface area contributed by atoms with E-state index in [9.17, 15) is 4.79 Å². The Hall–Kier alpha value is -1.02. The summed E-state index contributed by atoms with van der Waals surface area (Å²) in [6, 6.07) is -0.0136. The van der Waals surface area contributed by atoms with E-state index in [1.54, 1.807) is 0 Å². The zero-order chi connectivity index (χ0) is 9.71. The molecule has 0 saturated heterocycles. The number of carbonyl (C=O) groups is 1. The maximum Gasteiger partial charge on any atom is 0.139 e. The van der Waals surface area contributed by atoms with Crippen molar-refractivity contribution in [1.29, 1.82) is 0 Å². The maximum absolute atomic E-state index is 11.9. The van der Waals surface area contributed by atoms with Crippen molar-refractivity contribution in [3.8, 4) is 0 Å². The second kappa shape index (κ2) is 2.74. The van der Waals surface area contributed by atoms with E-state index in [0.717, 1.165) is 25.2 Å². The Bertz CT molecular complexity index is 334. The molecule has 4 rings (SSSR count). The van der Waals surface area contributed by atoms with E-state index in [0.29, 0.717) is 17.6 Å². The molecule has 14 heavy (non-hydrogen) atoms. The van der Waals surface area contributed by atoms with Crippen LogP contribution in [0.15, 0.2) is 5.11 Å². The Kier molecular flexibility index (Phi) is 1.62. The standard InChI is InChI=1S/C10H13N3O/c11-13-12-9-6-1-5-2-7(4-6)10(14)8(9)3-5/h5-9H,1-4H2/t5?,6?,7?,8?,9-/m1/s1. The first-order valence-corrected chi connectivity index (χ1v) is 5.37. The zero-order valence-electron chi connectivity index (χ0n) is 7.97. The van der Waals surface area contributed by atoms with Crippen LogP contribution in [-0.2, 0) is 4.79 Å². The van der Waals surface area contributed by atoms with Gasteiger partial charge >= 0.3 is 0 Å². The summed E-state index contributed by atoms with van der Waals surface area (Å²) in [4.78, 5) is 14.8. The molecule has 4 saturated carbocycles. The summed E-state index contributed by atoms with van der Waals surface area (Å²) in [7, 11) is 0. The second-order valence-corrected chi connectivity index (χ2v) is 4.97. The van der Waals surface area contributed by atoms with E-state index in [-0.39, 0.29) is 12.0 Å². The summed E-state index contributed by atoms with van der Waals surface area (Å²) in [5.41, 5.74) is 8.48. The number of nitrogens with zero attached hydrogens (tertiary/aromatic N) is 3. The average molecular weight is 191 g/mol. The topological polar surface area (TPSA) is 65.8 Å². The van der Waals surface area contributed by atoms with Crippen molar-refractivity contribution in [3.63, 3.8) is 0 Å². The number of carbonyl (C=O) groups excluding carboxylic acids is 1. The predicted molar refractivity (Wildman–Crippen MR) is 50.4 cm³/mol. The molecule has 4 heteroatoms. The minimum Gasteiger partial charge on any atom is -0.299 e. The number of azide groups is 1. The van der Waals surface area contributed by atoms with Crippen LogP contribution in [0.2, 0.25) is 0 Å². The fourth-order valence-electron chi connectivity index (χ4n) is 3.84. The molecule has 0 aromatic carbocycles. The van der Waals surface area contributed by atoms with Gasteiger partial charge in [-0.2, -0.15) is 0 Å². The molecule has 4 aliphatic carbocycles. The largest absolute Gasteiger partial charge is 0.299 e. The molecule has 4 unspecified atom stereocenters. The van der Waals surface area contributed by atoms with E-state index in [4.69, 9.17) is 5.53 Å². The van der Waals surface area contributed by atoms with E-state index in [1.165, 1.54) is 6.42 Å². The van der Waals surface area contributed by atoms with Crippen molar-refractivity contribution in [2.24, 2.45) is 28.8 Å². The normalized spacial score (nSPS) is 49.1. The molecule has 4 bridgehead atoms. The quantitative estimate of drug-likeness (QED) is 0.356. The van der Waals surface area contributed by atoms with Gasteiger partial charge in [-0.3, -0.25) is 4.79 Å². The van der Waals surface area contributed by atoms with Gasteiger partial charge in [0.05, 0.1) is 0 Å². The lowest BCUT2D eigenvalue weighted by molar-refractivity contribution is -0.141. The van der Waals surface area contributed by atoms with Crippen LogP contribution < -0.4 is 0 Å². The molecular weight excluding hydrogens is 178 g/mol. The minimum absolute atomic E-state index is 0.0136. The SMILES string of the molecule is [N-]=[N+]=N[C@@H]1C2CC3CC(C2)C(=O)C1C3. The van der Waals surface area contributed by atoms with Crippen LogP contribution in [0.5, 0.6) is 0 Å². The van der Waals surface area contributed by atoms with Gasteiger partial charge in [0.15, 0.2) is 0 Å². The van der Waals surface area contributed by atoms with Crippen LogP contribution in [0.3, 0.4) is 0 Å². The highest BCUT2D eigenvalue weighted by atomic mass is 16.1. The Morgan fingerprint density at radius 3 is 2.93 bits per heavy atom. The molecule has 4 aliphatic rings. The van der Waals surface area contributed by atoms with Gasteiger partial charge in [0.25, 0.3) is 0 Å². The lowest BCUT2D eigenvalue weighted by Crippen LogP contribution is -2.53. The fourth-order valence-corrected chi connectivity index (χ4v) is 3.84. The van der Waals surface area contributed by atoms with Gasteiger partial charge in [-0.05, 0) is 43.1 Å². The molecular formula is C10H13N3O. The van der Waals surface area contributed by atoms with Crippen molar-refractivity contribution in [2.75, 3.05) is 0 Å². The van der Waals surface area contributed by atoms with Gasteiger partial charge in [0.2, 0.25) is 0 Å². The molecule has 0 aromatic rings. The minimum atomic E-state index is -0.0136. The summed E-state index contributed by atoms with van der Waals surface area (Å²) >= 11 is 0. The van der Waals surface area contributed by atoms with Gasteiger partial charge in [-0.25, -0.2) is 0 Å². The molecule has 0 aromatic heterocycles. The van der Waals surface area contributed by atoms with Gasteiger partial charge in [-0.1, -0.05) is 5.11 Å². The second-order valence-electron chi connectivity index (χ2n) is 4.97. The molecule has 0 N–H and O–H groups in total. The Balaban J connectivity index is 1.96. The predicted octanol–water partition coefficient (Wildman–Crippen LogP) is 2.30. The highest BCUT2D eigenvalue weighted by Crippen LogP contribution is 2.52. The van der Waals surface area contributed by atoms with Crippen molar-refractivity contribution in [1.82, 2.24) is 0 Å². The van der Waals surface area contributed by atoms with Crippen molar-refractivity contribution in [2.45, 2.75) is 31.7 Å². The van der Waals surface area contributed by atoms with Crippen LogP contribution in [0, 0.1) is 23.7 Å². The Labute approximate surface area is 82.3 Å². The molecule has 4 nitrogen and oxygen atoms in total. The van der Waals surface area contributed by atoms with Crippen molar-refractivity contribution in [3.05, 3.63) is 10.4 Å². The third-order valence-corrected chi connectivity index (χ3v) is 4.28. The molecule has 74 valence electrons. The van der Waals surface area contributed by atoms with Crippen LogP contribution in [-0.4, -0.2) is 11.8 Å². The summed E-state index contributed by atoms with van der Waals surface area (Å²) in [5, 5.41) is 3.83. The zero-order valence-corrected chi connectivity index (χ0v) is 7.97. The van der Waals surface area contributed by atoms with Crippen LogP contribution in [0.25, 0.3) is 10.4 Å². The van der Waals surface area contributed by atoms with Gasteiger partial charge in [0.1, 0.15) is 5.78 Å². The molecule has 0 spiro atoms. The molecule has 4 fully saturated rings. The third-order valence-electron chi connectivity index (χ3n) is 4.28. The molecule has 0 aliphatic heterocycles. The summed E-state index contributed by atoms with van der Waals surface area (Å²) < 4.78 is 0. The summed E-state index contributed by atoms with van der Waals surface area (Å²) in [6.45, 7) is 0. The van der Waals surface area contributed by atoms with Gasteiger partial charge in [-0.15, -0.1) is 0 Å². The fraction of sp³-hybridized carbons (Fsp3) is 0.900. The lowest BCUT2D eigenvalue weighted by Gasteiger charge is -2.51. The highest BCUT2D eigenvalue weighted by Gasteiger charge is 2.52. The lowest BCUT2D eigenvalue weighted by atomic mass is 9.54. The number of hydrogen-bond acceptors (Lipinski definition) is 2. The van der Waals surface area contributed by atoms with E-state index < -0.39 is 0 Å². The monoisotopic (exact) mass is 191 g/mol. The van der Waals surface area contributed by atoms with E-state index >= 15 is 0 Å². The first-order valence-electron chi connectivity index (χ1n) is 5.37. The number of Topliss-reactive ketones (excluding diaryl/α,β-unsaturated/α-hetero) is 1. The Morgan fingerprint density at radius 1 is 1.29 bits per heavy atom. The maximum atomic E-state index is 11.9. The smallest absolute Gasteiger partial charge is 0.139 e. The molecule has 0 radical (unpaired) electrons. The molecule has 0 heterocycles. The first kappa shape index (κ1) is 8.30. The van der Waals surface area contributed by atoms with Crippen LogP contribution in [0.4, 0.5) is 0 Å². The molecule has 5 atom stereocenters. The van der Waals surface area contributed by atoms with Crippen molar-refractivity contribution >= 4 is 5.78 Å². The Morgan fingerprint density at radius 2 is 2.14 bits per heavy atom. The average Bonchev–Trinajstić information content (AvgIpc) is 2.18. The summed E-state index contributed by atoms with van der Waals surface area (Å²) in [6.07, 6.45) is 4.25. The van der Waals surface area contributed by atoms with Crippen molar-refractivity contribution < 1.29 is 4.79 Å². The van der Waals surface area contributed by atoms with Crippen LogP contribution >= 0.6 is 0 Å². The number of rotatable bonds is 1. The number of ketones is 1. The number of hydrogen-bond donors (Lipinski definition) is 0. The highest BCUT2D eigenvalue weighted by molar-refractivity contribution is 5.86.